The topological polar surface area (TPSA) is 95.0 Å². The van der Waals surface area contributed by atoms with E-state index >= 15 is 0 Å². The normalized spacial score (nSPS) is 12.7. The van der Waals surface area contributed by atoms with Crippen LogP contribution in [0.5, 0.6) is 11.5 Å². The average Bonchev–Trinajstić information content (AvgIpc) is 3.04. The number of carbonyl (C=O) groups excluding carboxylic acids is 1. The Balaban J connectivity index is 1.71. The van der Waals surface area contributed by atoms with Crippen molar-refractivity contribution >= 4 is 11.8 Å². The Kier molecular flexibility index (Phi) is 3.88. The number of amides is 1. The van der Waals surface area contributed by atoms with Crippen LogP contribution in [0.2, 0.25) is 0 Å². The van der Waals surface area contributed by atoms with E-state index in [9.17, 15) is 14.9 Å². The van der Waals surface area contributed by atoms with Gasteiger partial charge in [-0.05, 0) is 23.8 Å². The van der Waals surface area contributed by atoms with Crippen LogP contribution in [0.4, 0.5) is 5.88 Å². The first-order valence-corrected chi connectivity index (χ1v) is 6.93. The van der Waals surface area contributed by atoms with E-state index in [-0.39, 0.29) is 5.76 Å². The molecule has 0 saturated carbocycles. The largest absolute Gasteiger partial charge is 0.486 e. The molecule has 0 radical (unpaired) electrons. The number of hydrogen-bond acceptors (Lipinski definition) is 6. The van der Waals surface area contributed by atoms with Crippen molar-refractivity contribution in [2.24, 2.45) is 0 Å². The van der Waals surface area contributed by atoms with Crippen molar-refractivity contribution in [1.29, 1.82) is 0 Å². The number of benzene rings is 1. The predicted molar refractivity (Wildman–Crippen MR) is 78.6 cm³/mol. The summed E-state index contributed by atoms with van der Waals surface area (Å²) in [7, 11) is 1.59. The number of fused-ring (bicyclic) bond motifs is 1. The molecule has 0 spiro atoms. The molecule has 1 aliphatic rings. The molecule has 8 heteroatoms. The summed E-state index contributed by atoms with van der Waals surface area (Å²) in [5, 5.41) is 10.6. The molecule has 3 rings (SSSR count). The number of furan rings is 1. The molecule has 1 aromatic heterocycles. The summed E-state index contributed by atoms with van der Waals surface area (Å²) in [6.07, 6.45) is 0. The molecule has 1 aliphatic heterocycles. The molecule has 0 bridgehead atoms. The molecule has 120 valence electrons. The molecule has 0 fully saturated rings. The van der Waals surface area contributed by atoms with E-state index in [1.807, 2.05) is 12.1 Å². The van der Waals surface area contributed by atoms with Gasteiger partial charge < -0.3 is 18.8 Å². The zero-order valence-electron chi connectivity index (χ0n) is 12.4. The minimum absolute atomic E-state index is 0.0725. The lowest BCUT2D eigenvalue weighted by molar-refractivity contribution is -0.402. The standard InChI is InChI=1S/C15H14N2O6/c1-16(15(18)12-4-5-14(23-12)17(19)20)9-10-2-3-11-13(8-10)22-7-6-21-11/h2-5,8H,6-7,9H2,1H3. The zero-order valence-corrected chi connectivity index (χ0v) is 12.4. The van der Waals surface area contributed by atoms with Gasteiger partial charge in [0.25, 0.3) is 5.91 Å². The maximum absolute atomic E-state index is 12.2. The molecule has 1 amide bonds. The number of hydrogen-bond donors (Lipinski definition) is 0. The van der Waals surface area contributed by atoms with Crippen LogP contribution in [0.1, 0.15) is 16.1 Å². The second-order valence-electron chi connectivity index (χ2n) is 5.03. The van der Waals surface area contributed by atoms with Crippen molar-refractivity contribution in [1.82, 2.24) is 4.90 Å². The molecule has 1 aromatic carbocycles. The first-order chi connectivity index (χ1) is 11.0. The highest BCUT2D eigenvalue weighted by atomic mass is 16.6. The van der Waals surface area contributed by atoms with Gasteiger partial charge >= 0.3 is 5.88 Å². The third-order valence-electron chi connectivity index (χ3n) is 3.36. The lowest BCUT2D eigenvalue weighted by Gasteiger charge is -2.20. The van der Waals surface area contributed by atoms with Crippen LogP contribution in [0.3, 0.4) is 0 Å². The van der Waals surface area contributed by atoms with Gasteiger partial charge in [0.15, 0.2) is 17.3 Å². The molecule has 0 unspecified atom stereocenters. The van der Waals surface area contributed by atoms with Gasteiger partial charge in [0.05, 0.1) is 6.07 Å². The van der Waals surface area contributed by atoms with Crippen LogP contribution in [0.25, 0.3) is 0 Å². The number of rotatable bonds is 4. The molecular weight excluding hydrogens is 304 g/mol. The van der Waals surface area contributed by atoms with Crippen molar-refractivity contribution in [2.45, 2.75) is 6.54 Å². The maximum Gasteiger partial charge on any atom is 0.433 e. The predicted octanol–water partition coefficient (Wildman–Crippen LogP) is 2.23. The molecule has 23 heavy (non-hydrogen) atoms. The molecule has 0 aliphatic carbocycles. The summed E-state index contributed by atoms with van der Waals surface area (Å²) in [5.41, 5.74) is 0.853. The van der Waals surface area contributed by atoms with Crippen molar-refractivity contribution in [2.75, 3.05) is 20.3 Å². The molecule has 8 nitrogen and oxygen atoms in total. The molecule has 0 atom stereocenters. The van der Waals surface area contributed by atoms with E-state index in [4.69, 9.17) is 13.9 Å². The average molecular weight is 318 g/mol. The summed E-state index contributed by atoms with van der Waals surface area (Å²) >= 11 is 0. The second kappa shape index (κ2) is 5.99. The summed E-state index contributed by atoms with van der Waals surface area (Å²) in [5.74, 6) is 0.352. The van der Waals surface area contributed by atoms with E-state index in [0.29, 0.717) is 31.3 Å². The van der Waals surface area contributed by atoms with E-state index in [1.165, 1.54) is 11.0 Å². The zero-order chi connectivity index (χ0) is 16.4. The summed E-state index contributed by atoms with van der Waals surface area (Å²) < 4.78 is 15.9. The first-order valence-electron chi connectivity index (χ1n) is 6.93. The number of nitrogens with zero attached hydrogens (tertiary/aromatic N) is 2. The van der Waals surface area contributed by atoms with Gasteiger partial charge in [0.2, 0.25) is 0 Å². The van der Waals surface area contributed by atoms with E-state index in [2.05, 4.69) is 0 Å². The van der Waals surface area contributed by atoms with Gasteiger partial charge in [0.1, 0.15) is 18.1 Å². The third-order valence-corrected chi connectivity index (χ3v) is 3.36. The maximum atomic E-state index is 12.2. The van der Waals surface area contributed by atoms with Gasteiger partial charge in [0, 0.05) is 13.6 Å². The monoisotopic (exact) mass is 318 g/mol. The lowest BCUT2D eigenvalue weighted by Crippen LogP contribution is -2.26. The first kappa shape index (κ1) is 14.9. The Morgan fingerprint density at radius 1 is 1.22 bits per heavy atom. The minimum Gasteiger partial charge on any atom is -0.486 e. The van der Waals surface area contributed by atoms with Crippen molar-refractivity contribution in [3.05, 3.63) is 51.8 Å². The quantitative estimate of drug-likeness (QED) is 0.633. The Labute approximate surface area is 131 Å². The lowest BCUT2D eigenvalue weighted by atomic mass is 10.2. The third kappa shape index (κ3) is 3.10. The molecule has 2 heterocycles. The number of nitro groups is 1. The Morgan fingerprint density at radius 3 is 2.65 bits per heavy atom. The van der Waals surface area contributed by atoms with Gasteiger partial charge in [-0.2, -0.15) is 0 Å². The fourth-order valence-corrected chi connectivity index (χ4v) is 2.26. The van der Waals surface area contributed by atoms with E-state index in [1.54, 1.807) is 13.1 Å². The summed E-state index contributed by atoms with van der Waals surface area (Å²) in [6.45, 7) is 1.31. The van der Waals surface area contributed by atoms with Crippen LogP contribution >= 0.6 is 0 Å². The smallest absolute Gasteiger partial charge is 0.433 e. The Hall–Kier alpha value is -3.03. The van der Waals surface area contributed by atoms with E-state index in [0.717, 1.165) is 11.6 Å². The Morgan fingerprint density at radius 2 is 1.96 bits per heavy atom. The van der Waals surface area contributed by atoms with Crippen molar-refractivity contribution < 1.29 is 23.6 Å². The fraction of sp³-hybridized carbons (Fsp3) is 0.267. The van der Waals surface area contributed by atoms with Crippen LogP contribution in [-0.4, -0.2) is 36.0 Å². The van der Waals surface area contributed by atoms with Crippen molar-refractivity contribution in [3.8, 4) is 11.5 Å². The molecular formula is C15H14N2O6. The van der Waals surface area contributed by atoms with E-state index < -0.39 is 16.7 Å². The summed E-state index contributed by atoms with van der Waals surface area (Å²) in [6, 6.07) is 7.89. The van der Waals surface area contributed by atoms with Gasteiger partial charge in [-0.3, -0.25) is 14.9 Å². The van der Waals surface area contributed by atoms with Crippen LogP contribution in [0.15, 0.2) is 34.7 Å². The van der Waals surface area contributed by atoms with Crippen LogP contribution in [-0.2, 0) is 6.54 Å². The fourth-order valence-electron chi connectivity index (χ4n) is 2.26. The highest BCUT2D eigenvalue weighted by Crippen LogP contribution is 2.31. The number of ether oxygens (including phenoxy) is 2. The van der Waals surface area contributed by atoms with Gasteiger partial charge in [-0.25, -0.2) is 0 Å². The number of carbonyl (C=O) groups is 1. The highest BCUT2D eigenvalue weighted by molar-refractivity contribution is 5.91. The second-order valence-corrected chi connectivity index (χ2v) is 5.03. The summed E-state index contributed by atoms with van der Waals surface area (Å²) in [4.78, 5) is 23.6. The SMILES string of the molecule is CN(Cc1ccc2c(c1)OCCO2)C(=O)c1ccc([N+](=O)[O-])o1. The molecule has 2 aromatic rings. The molecule has 0 saturated heterocycles. The van der Waals surface area contributed by atoms with Crippen LogP contribution in [0, 0.1) is 10.1 Å². The minimum atomic E-state index is -0.683. The Bertz CT molecular complexity index is 754. The van der Waals surface area contributed by atoms with Crippen LogP contribution < -0.4 is 9.47 Å². The van der Waals surface area contributed by atoms with Gasteiger partial charge in [-0.15, -0.1) is 0 Å². The highest BCUT2D eigenvalue weighted by Gasteiger charge is 2.21. The molecule has 0 N–H and O–H groups in total. The van der Waals surface area contributed by atoms with Gasteiger partial charge in [-0.1, -0.05) is 6.07 Å². The van der Waals surface area contributed by atoms with Crippen molar-refractivity contribution in [3.63, 3.8) is 0 Å².